The standard InChI is InChI=1S/C13H13BrN2O/c1-10-3-2-4-12(7-10)17-6-5-13-15-8-11(14)9-16-13/h2-4,7-9H,5-6H2,1H3. The number of hydrogen-bond acceptors (Lipinski definition) is 3. The Kier molecular flexibility index (Phi) is 4.09. The van der Waals surface area contributed by atoms with Gasteiger partial charge in [0, 0.05) is 18.8 Å². The molecule has 0 N–H and O–H groups in total. The van der Waals surface area contributed by atoms with E-state index < -0.39 is 0 Å². The van der Waals surface area contributed by atoms with Crippen LogP contribution in [0.5, 0.6) is 5.75 Å². The molecule has 0 saturated carbocycles. The Labute approximate surface area is 109 Å². The van der Waals surface area contributed by atoms with Gasteiger partial charge in [0.25, 0.3) is 0 Å². The van der Waals surface area contributed by atoms with Gasteiger partial charge in [-0.25, -0.2) is 9.97 Å². The summed E-state index contributed by atoms with van der Waals surface area (Å²) in [6.45, 7) is 2.63. The van der Waals surface area contributed by atoms with Crippen molar-refractivity contribution in [3.05, 3.63) is 52.5 Å². The summed E-state index contributed by atoms with van der Waals surface area (Å²) in [5.41, 5.74) is 1.20. The SMILES string of the molecule is Cc1cccc(OCCc2ncc(Br)cn2)c1. The molecular weight excluding hydrogens is 280 g/mol. The first-order valence-electron chi connectivity index (χ1n) is 5.40. The molecule has 0 saturated heterocycles. The molecule has 0 bridgehead atoms. The van der Waals surface area contributed by atoms with Gasteiger partial charge in [-0.05, 0) is 40.5 Å². The predicted octanol–water partition coefficient (Wildman–Crippen LogP) is 3.17. The third-order valence-corrected chi connectivity index (χ3v) is 2.67. The molecule has 0 fully saturated rings. The van der Waals surface area contributed by atoms with Crippen LogP contribution in [0.1, 0.15) is 11.4 Å². The highest BCUT2D eigenvalue weighted by atomic mass is 79.9. The first-order chi connectivity index (χ1) is 8.24. The molecule has 1 aromatic carbocycles. The summed E-state index contributed by atoms with van der Waals surface area (Å²) < 4.78 is 6.52. The van der Waals surface area contributed by atoms with Crippen molar-refractivity contribution in [1.29, 1.82) is 0 Å². The van der Waals surface area contributed by atoms with Crippen molar-refractivity contribution >= 4 is 15.9 Å². The van der Waals surface area contributed by atoms with E-state index in [2.05, 4.69) is 25.9 Å². The second-order valence-electron chi connectivity index (χ2n) is 3.73. The minimum absolute atomic E-state index is 0.588. The number of benzene rings is 1. The van der Waals surface area contributed by atoms with Gasteiger partial charge in [-0.3, -0.25) is 0 Å². The Balaban J connectivity index is 1.85. The van der Waals surface area contributed by atoms with Gasteiger partial charge in [-0.2, -0.15) is 0 Å². The van der Waals surface area contributed by atoms with E-state index in [1.54, 1.807) is 12.4 Å². The molecule has 0 aliphatic carbocycles. The van der Waals surface area contributed by atoms with Crippen molar-refractivity contribution in [2.24, 2.45) is 0 Å². The molecule has 1 aromatic heterocycles. The minimum atomic E-state index is 0.588. The van der Waals surface area contributed by atoms with E-state index in [0.717, 1.165) is 16.0 Å². The molecule has 0 unspecified atom stereocenters. The number of nitrogens with zero attached hydrogens (tertiary/aromatic N) is 2. The van der Waals surface area contributed by atoms with Gasteiger partial charge in [-0.1, -0.05) is 12.1 Å². The highest BCUT2D eigenvalue weighted by Crippen LogP contribution is 2.12. The number of rotatable bonds is 4. The lowest BCUT2D eigenvalue weighted by molar-refractivity contribution is 0.318. The number of halogens is 1. The first kappa shape index (κ1) is 12.0. The molecule has 0 atom stereocenters. The summed E-state index contributed by atoms with van der Waals surface area (Å²) in [5.74, 6) is 1.68. The van der Waals surface area contributed by atoms with Crippen molar-refractivity contribution in [3.63, 3.8) is 0 Å². The Bertz CT molecular complexity index is 485. The van der Waals surface area contributed by atoms with E-state index in [1.165, 1.54) is 5.56 Å². The van der Waals surface area contributed by atoms with Crippen LogP contribution in [0.2, 0.25) is 0 Å². The lowest BCUT2D eigenvalue weighted by Crippen LogP contribution is -2.04. The third-order valence-electron chi connectivity index (χ3n) is 2.26. The molecule has 88 valence electrons. The third kappa shape index (κ3) is 3.82. The lowest BCUT2D eigenvalue weighted by Gasteiger charge is -2.06. The van der Waals surface area contributed by atoms with E-state index in [1.807, 2.05) is 31.2 Å². The van der Waals surface area contributed by atoms with Crippen molar-refractivity contribution in [1.82, 2.24) is 9.97 Å². The van der Waals surface area contributed by atoms with Gasteiger partial charge >= 0.3 is 0 Å². The Morgan fingerprint density at radius 2 is 2.00 bits per heavy atom. The molecule has 4 heteroatoms. The van der Waals surface area contributed by atoms with Crippen LogP contribution >= 0.6 is 15.9 Å². The van der Waals surface area contributed by atoms with Crippen molar-refractivity contribution in [3.8, 4) is 5.75 Å². The molecule has 17 heavy (non-hydrogen) atoms. The van der Waals surface area contributed by atoms with Crippen LogP contribution in [0.4, 0.5) is 0 Å². The summed E-state index contributed by atoms with van der Waals surface area (Å²) in [6.07, 6.45) is 4.20. The maximum absolute atomic E-state index is 5.63. The molecule has 0 radical (unpaired) electrons. The summed E-state index contributed by atoms with van der Waals surface area (Å²) in [7, 11) is 0. The van der Waals surface area contributed by atoms with Crippen LogP contribution in [-0.2, 0) is 6.42 Å². The lowest BCUT2D eigenvalue weighted by atomic mass is 10.2. The van der Waals surface area contributed by atoms with Crippen LogP contribution in [-0.4, -0.2) is 16.6 Å². The van der Waals surface area contributed by atoms with Crippen LogP contribution in [0, 0.1) is 6.92 Å². The molecule has 2 rings (SSSR count). The second kappa shape index (κ2) is 5.77. The summed E-state index contributed by atoms with van der Waals surface area (Å²) in [4.78, 5) is 8.38. The Hall–Kier alpha value is -1.42. The Morgan fingerprint density at radius 3 is 2.71 bits per heavy atom. The average molecular weight is 293 g/mol. The fourth-order valence-corrected chi connectivity index (χ4v) is 1.64. The van der Waals surface area contributed by atoms with Crippen LogP contribution < -0.4 is 4.74 Å². The minimum Gasteiger partial charge on any atom is -0.493 e. The van der Waals surface area contributed by atoms with Crippen LogP contribution in [0.25, 0.3) is 0 Å². The van der Waals surface area contributed by atoms with Gasteiger partial charge in [-0.15, -0.1) is 0 Å². The first-order valence-corrected chi connectivity index (χ1v) is 6.19. The van der Waals surface area contributed by atoms with E-state index in [9.17, 15) is 0 Å². The summed E-state index contributed by atoms with van der Waals surface area (Å²) >= 11 is 3.30. The van der Waals surface area contributed by atoms with Gasteiger partial charge in [0.05, 0.1) is 11.1 Å². The number of aromatic nitrogens is 2. The van der Waals surface area contributed by atoms with E-state index in [0.29, 0.717) is 13.0 Å². The Morgan fingerprint density at radius 1 is 1.24 bits per heavy atom. The highest BCUT2D eigenvalue weighted by molar-refractivity contribution is 9.10. The largest absolute Gasteiger partial charge is 0.493 e. The summed E-state index contributed by atoms with van der Waals surface area (Å²) in [6, 6.07) is 8.00. The quantitative estimate of drug-likeness (QED) is 0.868. The summed E-state index contributed by atoms with van der Waals surface area (Å²) in [5, 5.41) is 0. The molecule has 2 aromatic rings. The monoisotopic (exact) mass is 292 g/mol. The molecular formula is C13H13BrN2O. The zero-order chi connectivity index (χ0) is 12.1. The predicted molar refractivity (Wildman–Crippen MR) is 70.1 cm³/mol. The normalized spacial score (nSPS) is 10.2. The number of hydrogen-bond donors (Lipinski definition) is 0. The van der Waals surface area contributed by atoms with Crippen molar-refractivity contribution < 1.29 is 4.74 Å². The van der Waals surface area contributed by atoms with Crippen molar-refractivity contribution in [2.75, 3.05) is 6.61 Å². The van der Waals surface area contributed by atoms with Gasteiger partial charge in [0.2, 0.25) is 0 Å². The zero-order valence-electron chi connectivity index (χ0n) is 9.56. The average Bonchev–Trinajstić information content (AvgIpc) is 2.32. The van der Waals surface area contributed by atoms with Gasteiger partial charge in [0.15, 0.2) is 0 Å². The van der Waals surface area contributed by atoms with E-state index in [4.69, 9.17) is 4.74 Å². The molecule has 3 nitrogen and oxygen atoms in total. The molecule has 1 heterocycles. The number of ether oxygens (including phenoxy) is 1. The van der Waals surface area contributed by atoms with Gasteiger partial charge in [0.1, 0.15) is 11.6 Å². The van der Waals surface area contributed by atoms with E-state index in [-0.39, 0.29) is 0 Å². The number of aryl methyl sites for hydroxylation is 1. The van der Waals surface area contributed by atoms with Crippen LogP contribution in [0.15, 0.2) is 41.1 Å². The fourth-order valence-electron chi connectivity index (χ4n) is 1.43. The molecule has 0 amide bonds. The molecule has 0 spiro atoms. The fraction of sp³-hybridized carbons (Fsp3) is 0.231. The highest BCUT2D eigenvalue weighted by Gasteiger charge is 1.98. The topological polar surface area (TPSA) is 35.0 Å². The molecule has 0 aliphatic heterocycles. The van der Waals surface area contributed by atoms with Crippen LogP contribution in [0.3, 0.4) is 0 Å². The van der Waals surface area contributed by atoms with Gasteiger partial charge < -0.3 is 4.74 Å². The van der Waals surface area contributed by atoms with Crippen molar-refractivity contribution in [2.45, 2.75) is 13.3 Å². The maximum atomic E-state index is 5.63. The second-order valence-corrected chi connectivity index (χ2v) is 4.65. The molecule has 0 aliphatic rings. The smallest absolute Gasteiger partial charge is 0.131 e. The van der Waals surface area contributed by atoms with E-state index >= 15 is 0 Å². The maximum Gasteiger partial charge on any atom is 0.131 e. The zero-order valence-corrected chi connectivity index (χ0v) is 11.1.